The van der Waals surface area contributed by atoms with E-state index in [4.69, 9.17) is 25.8 Å². The number of aromatic carboxylic acids is 1. The molecule has 1 aromatic heterocycles. The Morgan fingerprint density at radius 3 is 2.61 bits per heavy atom. The topological polar surface area (TPSA) is 82.8 Å². The van der Waals surface area contributed by atoms with E-state index in [0.29, 0.717) is 27.4 Å². The van der Waals surface area contributed by atoms with E-state index in [0.717, 1.165) is 16.9 Å². The number of thioether (sulfide) groups is 1. The normalized spacial score (nSPS) is 13.3. The number of ether oxygens (including phenoxy) is 3. The fourth-order valence-corrected chi connectivity index (χ4v) is 4.72. The Labute approximate surface area is 188 Å². The van der Waals surface area contributed by atoms with Gasteiger partial charge in [0.15, 0.2) is 17.2 Å². The van der Waals surface area contributed by atoms with Crippen molar-refractivity contribution in [1.29, 1.82) is 0 Å². The van der Waals surface area contributed by atoms with Crippen LogP contribution in [0.3, 0.4) is 0 Å². The van der Waals surface area contributed by atoms with Crippen LogP contribution in [0.2, 0.25) is 5.02 Å². The van der Waals surface area contributed by atoms with Gasteiger partial charge in [0, 0.05) is 16.3 Å². The molecule has 0 aliphatic carbocycles. The summed E-state index contributed by atoms with van der Waals surface area (Å²) in [4.78, 5) is 16.7. The summed E-state index contributed by atoms with van der Waals surface area (Å²) in [7, 11) is 1.62. The molecule has 1 N–H and O–H groups in total. The number of carboxylic acid groups (broad SMARTS) is 1. The van der Waals surface area contributed by atoms with Crippen LogP contribution in [0, 0.1) is 6.92 Å². The molecule has 0 fully saturated rings. The minimum Gasteiger partial charge on any atom is -0.497 e. The lowest BCUT2D eigenvalue weighted by Crippen LogP contribution is -2.12. The van der Waals surface area contributed by atoms with E-state index in [9.17, 15) is 9.90 Å². The van der Waals surface area contributed by atoms with E-state index in [1.54, 1.807) is 30.7 Å². The van der Waals surface area contributed by atoms with Crippen LogP contribution >= 0.6 is 23.4 Å². The number of methoxy groups -OCH3 is 1. The number of carboxylic acids is 1. The molecule has 1 aliphatic heterocycles. The summed E-state index contributed by atoms with van der Waals surface area (Å²) < 4.78 is 17.6. The van der Waals surface area contributed by atoms with Gasteiger partial charge in [-0.2, -0.15) is 0 Å². The molecule has 1 unspecified atom stereocenters. The Kier molecular flexibility index (Phi) is 6.02. The zero-order valence-electron chi connectivity index (χ0n) is 17.2. The fourth-order valence-electron chi connectivity index (χ4n) is 3.38. The zero-order valence-corrected chi connectivity index (χ0v) is 18.8. The summed E-state index contributed by atoms with van der Waals surface area (Å²) in [5.74, 6) is 1.50. The molecular formula is C22H21ClN2O5S. The van der Waals surface area contributed by atoms with Crippen molar-refractivity contribution in [2.24, 2.45) is 0 Å². The summed E-state index contributed by atoms with van der Waals surface area (Å²) in [5, 5.41) is 10.9. The van der Waals surface area contributed by atoms with Crippen molar-refractivity contribution in [1.82, 2.24) is 9.55 Å². The third kappa shape index (κ3) is 4.31. The lowest BCUT2D eigenvalue weighted by molar-refractivity contribution is 0.0681. The van der Waals surface area contributed by atoms with Crippen LogP contribution in [0.25, 0.3) is 0 Å². The molecule has 0 saturated carbocycles. The molecule has 0 amide bonds. The Hall–Kier alpha value is -2.84. The number of fused-ring (bicyclic) bond motifs is 1. The maximum absolute atomic E-state index is 12.2. The van der Waals surface area contributed by atoms with Crippen molar-refractivity contribution in [2.75, 3.05) is 13.9 Å². The maximum Gasteiger partial charge on any atom is 0.355 e. The van der Waals surface area contributed by atoms with E-state index in [1.165, 1.54) is 11.8 Å². The lowest BCUT2D eigenvalue weighted by Gasteiger charge is -2.13. The Morgan fingerprint density at radius 2 is 1.97 bits per heavy atom. The van der Waals surface area contributed by atoms with Gasteiger partial charge in [-0.1, -0.05) is 35.5 Å². The summed E-state index contributed by atoms with van der Waals surface area (Å²) in [6, 6.07) is 11.2. The molecule has 4 rings (SSSR count). The van der Waals surface area contributed by atoms with Crippen molar-refractivity contribution >= 4 is 29.3 Å². The molecule has 3 aromatic rings. The Bertz CT molecular complexity index is 1130. The second-order valence-electron chi connectivity index (χ2n) is 7.03. The van der Waals surface area contributed by atoms with E-state index in [1.807, 2.05) is 31.2 Å². The van der Waals surface area contributed by atoms with E-state index in [-0.39, 0.29) is 24.3 Å². The number of imidazole rings is 1. The highest BCUT2D eigenvalue weighted by Crippen LogP contribution is 2.39. The van der Waals surface area contributed by atoms with Gasteiger partial charge < -0.3 is 23.9 Å². The largest absolute Gasteiger partial charge is 0.497 e. The minimum atomic E-state index is -1.04. The predicted molar refractivity (Wildman–Crippen MR) is 118 cm³/mol. The standard InChI is InChI=1S/C22H21ClN2O5S/c1-12(14-4-6-16(28-3)7-5-14)31-21-20(22(26)27)25(13(2)24-21)10-15-8-18-19(9-17(15)23)30-11-29-18/h4-9,12H,10-11H2,1-3H3,(H,26,27). The van der Waals surface area contributed by atoms with Gasteiger partial charge in [0.05, 0.1) is 13.7 Å². The molecule has 31 heavy (non-hydrogen) atoms. The summed E-state index contributed by atoms with van der Waals surface area (Å²) in [5.41, 5.74) is 1.92. The number of aryl methyl sites for hydroxylation is 1. The van der Waals surface area contributed by atoms with E-state index >= 15 is 0 Å². The third-order valence-corrected chi connectivity index (χ3v) is 6.56. The molecule has 1 atom stereocenters. The Balaban J connectivity index is 1.63. The van der Waals surface area contributed by atoms with Gasteiger partial charge in [-0.3, -0.25) is 0 Å². The SMILES string of the molecule is COc1ccc(C(C)Sc2nc(C)n(Cc3cc4c(cc3Cl)OCO4)c2C(=O)O)cc1. The molecule has 7 nitrogen and oxygen atoms in total. The van der Waals surface area contributed by atoms with Crippen molar-refractivity contribution in [2.45, 2.75) is 30.7 Å². The summed E-state index contributed by atoms with van der Waals surface area (Å²) in [6.07, 6.45) is 0. The lowest BCUT2D eigenvalue weighted by atomic mass is 10.2. The molecule has 9 heteroatoms. The molecule has 0 spiro atoms. The van der Waals surface area contributed by atoms with Crippen LogP contribution in [0.4, 0.5) is 0 Å². The first-order chi connectivity index (χ1) is 14.9. The van der Waals surface area contributed by atoms with Crippen LogP contribution in [-0.2, 0) is 6.54 Å². The quantitative estimate of drug-likeness (QED) is 0.486. The van der Waals surface area contributed by atoms with Gasteiger partial charge in [-0.15, -0.1) is 0 Å². The molecule has 2 aromatic carbocycles. The first kappa shape index (κ1) is 21.4. The first-order valence-electron chi connectivity index (χ1n) is 9.56. The number of nitrogens with zero attached hydrogens (tertiary/aromatic N) is 2. The third-order valence-electron chi connectivity index (χ3n) is 5.07. The first-order valence-corrected chi connectivity index (χ1v) is 10.8. The minimum absolute atomic E-state index is 0.000822. The number of aromatic nitrogens is 2. The average Bonchev–Trinajstić information content (AvgIpc) is 3.31. The molecular weight excluding hydrogens is 440 g/mol. The van der Waals surface area contributed by atoms with Gasteiger partial charge in [-0.25, -0.2) is 9.78 Å². The molecule has 2 heterocycles. The average molecular weight is 461 g/mol. The number of rotatable bonds is 7. The van der Waals surface area contributed by atoms with Gasteiger partial charge in [0.25, 0.3) is 0 Å². The summed E-state index contributed by atoms with van der Waals surface area (Å²) >= 11 is 7.81. The van der Waals surface area contributed by atoms with Gasteiger partial charge in [0.1, 0.15) is 16.6 Å². The number of carbonyl (C=O) groups is 1. The van der Waals surface area contributed by atoms with Crippen molar-refractivity contribution in [3.8, 4) is 17.2 Å². The van der Waals surface area contributed by atoms with Crippen molar-refractivity contribution in [3.63, 3.8) is 0 Å². The van der Waals surface area contributed by atoms with Gasteiger partial charge >= 0.3 is 5.97 Å². The van der Waals surface area contributed by atoms with Crippen LogP contribution in [0.1, 0.15) is 39.6 Å². The number of hydrogen-bond donors (Lipinski definition) is 1. The second kappa shape index (κ2) is 8.72. The van der Waals surface area contributed by atoms with Crippen LogP contribution in [0.15, 0.2) is 41.4 Å². The smallest absolute Gasteiger partial charge is 0.355 e. The molecule has 162 valence electrons. The second-order valence-corrected chi connectivity index (χ2v) is 8.77. The highest BCUT2D eigenvalue weighted by atomic mass is 35.5. The highest BCUT2D eigenvalue weighted by Gasteiger charge is 2.25. The van der Waals surface area contributed by atoms with Crippen LogP contribution < -0.4 is 14.2 Å². The van der Waals surface area contributed by atoms with Crippen LogP contribution in [-0.4, -0.2) is 34.5 Å². The zero-order chi connectivity index (χ0) is 22.1. The van der Waals surface area contributed by atoms with E-state index < -0.39 is 5.97 Å². The fraction of sp³-hybridized carbons (Fsp3) is 0.273. The van der Waals surface area contributed by atoms with Gasteiger partial charge in [0.2, 0.25) is 6.79 Å². The van der Waals surface area contributed by atoms with Crippen molar-refractivity contribution in [3.05, 3.63) is 64.1 Å². The monoisotopic (exact) mass is 460 g/mol. The van der Waals surface area contributed by atoms with Crippen LogP contribution in [0.5, 0.6) is 17.2 Å². The maximum atomic E-state index is 12.2. The van der Waals surface area contributed by atoms with Crippen molar-refractivity contribution < 1.29 is 24.1 Å². The Morgan fingerprint density at radius 1 is 1.29 bits per heavy atom. The van der Waals surface area contributed by atoms with E-state index in [2.05, 4.69) is 4.98 Å². The number of hydrogen-bond acceptors (Lipinski definition) is 6. The number of benzene rings is 2. The molecule has 0 saturated heterocycles. The molecule has 0 bridgehead atoms. The predicted octanol–water partition coefficient (Wildman–Crippen LogP) is 5.18. The molecule has 1 aliphatic rings. The number of halogens is 1. The summed E-state index contributed by atoms with van der Waals surface area (Å²) in [6.45, 7) is 4.20. The molecule has 0 radical (unpaired) electrons. The highest BCUT2D eigenvalue weighted by molar-refractivity contribution is 7.99. The van der Waals surface area contributed by atoms with Gasteiger partial charge in [-0.05, 0) is 43.2 Å².